The van der Waals surface area contributed by atoms with Crippen molar-refractivity contribution >= 4 is 0 Å². The molecule has 2 aliphatic rings. The Morgan fingerprint density at radius 1 is 1.15 bits per heavy atom. The number of hydrogen-bond acceptors (Lipinski definition) is 2. The largest absolute Gasteiger partial charge is 0.370 e. The third-order valence-electron chi connectivity index (χ3n) is 5.45. The van der Waals surface area contributed by atoms with Crippen LogP contribution in [0.15, 0.2) is 0 Å². The van der Waals surface area contributed by atoms with Crippen LogP contribution in [0.3, 0.4) is 0 Å². The maximum absolute atomic E-state index is 6.42. The Hall–Kier alpha value is -0.0800. The van der Waals surface area contributed by atoms with E-state index in [4.69, 9.17) is 4.74 Å². The van der Waals surface area contributed by atoms with Crippen LogP contribution in [0, 0.1) is 5.92 Å². The van der Waals surface area contributed by atoms with Crippen molar-refractivity contribution < 1.29 is 4.74 Å². The van der Waals surface area contributed by atoms with Gasteiger partial charge in [0, 0.05) is 6.54 Å². The maximum Gasteiger partial charge on any atom is 0.0708 e. The van der Waals surface area contributed by atoms with Gasteiger partial charge in [0.15, 0.2) is 0 Å². The van der Waals surface area contributed by atoms with E-state index in [0.29, 0.717) is 6.10 Å². The van der Waals surface area contributed by atoms with Crippen LogP contribution in [0.2, 0.25) is 0 Å². The fourth-order valence-corrected chi connectivity index (χ4v) is 3.99. The van der Waals surface area contributed by atoms with Gasteiger partial charge in [-0.1, -0.05) is 52.4 Å². The molecule has 2 heteroatoms. The van der Waals surface area contributed by atoms with E-state index in [1.807, 2.05) is 0 Å². The summed E-state index contributed by atoms with van der Waals surface area (Å²) in [6.07, 6.45) is 15.3. The molecule has 2 fully saturated rings. The van der Waals surface area contributed by atoms with Gasteiger partial charge in [-0.25, -0.2) is 0 Å². The molecule has 118 valence electrons. The molecule has 1 aliphatic carbocycles. The molecule has 2 unspecified atom stereocenters. The molecule has 2 atom stereocenters. The monoisotopic (exact) mass is 281 g/mol. The van der Waals surface area contributed by atoms with Gasteiger partial charge < -0.3 is 10.1 Å². The Kier molecular flexibility index (Phi) is 6.83. The van der Waals surface area contributed by atoms with Crippen LogP contribution in [0.25, 0.3) is 0 Å². The predicted octanol–water partition coefficient (Wildman–Crippen LogP) is 4.67. The Balaban J connectivity index is 1.62. The van der Waals surface area contributed by atoms with Crippen molar-refractivity contribution in [2.45, 2.75) is 96.2 Å². The highest BCUT2D eigenvalue weighted by Crippen LogP contribution is 2.41. The number of hydrogen-bond donors (Lipinski definition) is 1. The first-order valence-corrected chi connectivity index (χ1v) is 9.16. The Labute approximate surface area is 126 Å². The van der Waals surface area contributed by atoms with E-state index in [2.05, 4.69) is 19.2 Å². The lowest BCUT2D eigenvalue weighted by atomic mass is 9.83. The fourth-order valence-electron chi connectivity index (χ4n) is 3.99. The summed E-state index contributed by atoms with van der Waals surface area (Å²) in [6, 6.07) is 0. The zero-order valence-electron chi connectivity index (χ0n) is 13.8. The molecule has 2 nitrogen and oxygen atoms in total. The van der Waals surface area contributed by atoms with Crippen molar-refractivity contribution in [1.82, 2.24) is 5.32 Å². The van der Waals surface area contributed by atoms with Gasteiger partial charge in [0.25, 0.3) is 0 Å². The van der Waals surface area contributed by atoms with Crippen LogP contribution in [0.1, 0.15) is 84.5 Å². The van der Waals surface area contributed by atoms with Gasteiger partial charge in [-0.2, -0.15) is 0 Å². The van der Waals surface area contributed by atoms with Gasteiger partial charge >= 0.3 is 0 Å². The topological polar surface area (TPSA) is 21.3 Å². The molecule has 1 spiro atoms. The van der Waals surface area contributed by atoms with Crippen LogP contribution in [0.5, 0.6) is 0 Å². The average molecular weight is 281 g/mol. The minimum absolute atomic E-state index is 0.289. The number of nitrogens with one attached hydrogen (secondary N) is 1. The normalized spacial score (nSPS) is 27.0. The predicted molar refractivity (Wildman–Crippen MR) is 86.1 cm³/mol. The molecule has 0 aromatic heterocycles. The summed E-state index contributed by atoms with van der Waals surface area (Å²) in [5, 5.41) is 3.68. The molecule has 1 saturated carbocycles. The molecule has 1 N–H and O–H groups in total. The second-order valence-corrected chi connectivity index (χ2v) is 7.10. The first kappa shape index (κ1) is 16.3. The molecule has 0 aromatic carbocycles. The first-order valence-electron chi connectivity index (χ1n) is 9.16. The fraction of sp³-hybridized carbons (Fsp3) is 1.00. The van der Waals surface area contributed by atoms with Gasteiger partial charge in [0.05, 0.1) is 11.7 Å². The SMILES string of the molecule is CCCCC(CC)CNCC1CCC2(CCCCC2)O1. The highest BCUT2D eigenvalue weighted by atomic mass is 16.5. The second-order valence-electron chi connectivity index (χ2n) is 7.10. The van der Waals surface area contributed by atoms with Crippen molar-refractivity contribution in [1.29, 1.82) is 0 Å². The van der Waals surface area contributed by atoms with Crippen LogP contribution in [-0.2, 0) is 4.74 Å². The minimum atomic E-state index is 0.289. The van der Waals surface area contributed by atoms with E-state index in [1.54, 1.807) is 0 Å². The zero-order valence-corrected chi connectivity index (χ0v) is 13.8. The molecule has 0 radical (unpaired) electrons. The average Bonchev–Trinajstić information content (AvgIpc) is 2.86. The smallest absolute Gasteiger partial charge is 0.0708 e. The summed E-state index contributed by atoms with van der Waals surface area (Å²) in [6.45, 7) is 6.87. The standard InChI is InChI=1S/C18H35NO/c1-3-5-9-16(4-2)14-19-15-17-10-13-18(20-17)11-7-6-8-12-18/h16-17,19H,3-15H2,1-2H3. The van der Waals surface area contributed by atoms with E-state index in [-0.39, 0.29) is 5.60 Å². The molecule has 1 aliphatic heterocycles. The number of rotatable bonds is 8. The number of unbranched alkanes of at least 4 members (excludes halogenated alkanes) is 1. The summed E-state index contributed by atoms with van der Waals surface area (Å²) in [5.41, 5.74) is 0.289. The van der Waals surface area contributed by atoms with E-state index in [1.165, 1.54) is 77.2 Å². The first-order chi connectivity index (χ1) is 9.78. The van der Waals surface area contributed by atoms with Gasteiger partial charge in [0.2, 0.25) is 0 Å². The van der Waals surface area contributed by atoms with Crippen LogP contribution < -0.4 is 5.32 Å². The maximum atomic E-state index is 6.42. The van der Waals surface area contributed by atoms with E-state index in [0.717, 1.165) is 12.5 Å². The van der Waals surface area contributed by atoms with Crippen molar-refractivity contribution in [3.63, 3.8) is 0 Å². The lowest BCUT2D eigenvalue weighted by molar-refractivity contribution is -0.0624. The Morgan fingerprint density at radius 2 is 1.95 bits per heavy atom. The summed E-state index contributed by atoms with van der Waals surface area (Å²) in [4.78, 5) is 0. The summed E-state index contributed by atoms with van der Waals surface area (Å²) in [5.74, 6) is 0.861. The van der Waals surface area contributed by atoms with Gasteiger partial charge in [0.1, 0.15) is 0 Å². The summed E-state index contributed by atoms with van der Waals surface area (Å²) in [7, 11) is 0. The van der Waals surface area contributed by atoms with Gasteiger partial charge in [-0.3, -0.25) is 0 Å². The molecule has 0 bridgehead atoms. The molecule has 0 aromatic rings. The Morgan fingerprint density at radius 3 is 2.65 bits per heavy atom. The molecule has 1 saturated heterocycles. The second kappa shape index (κ2) is 8.38. The highest BCUT2D eigenvalue weighted by Gasteiger charge is 2.40. The summed E-state index contributed by atoms with van der Waals surface area (Å²) >= 11 is 0. The molecular weight excluding hydrogens is 246 g/mol. The highest BCUT2D eigenvalue weighted by molar-refractivity contribution is 4.91. The molecule has 2 rings (SSSR count). The zero-order chi connectivity index (χ0) is 14.3. The molecule has 1 heterocycles. The van der Waals surface area contributed by atoms with E-state index >= 15 is 0 Å². The number of ether oxygens (including phenoxy) is 1. The van der Waals surface area contributed by atoms with E-state index < -0.39 is 0 Å². The lowest BCUT2D eigenvalue weighted by Gasteiger charge is -2.33. The molecule has 0 amide bonds. The summed E-state index contributed by atoms with van der Waals surface area (Å²) < 4.78 is 6.42. The van der Waals surface area contributed by atoms with Crippen LogP contribution >= 0.6 is 0 Å². The van der Waals surface area contributed by atoms with Crippen molar-refractivity contribution in [3.05, 3.63) is 0 Å². The van der Waals surface area contributed by atoms with Crippen molar-refractivity contribution in [2.24, 2.45) is 5.92 Å². The van der Waals surface area contributed by atoms with Crippen LogP contribution in [0.4, 0.5) is 0 Å². The Bertz CT molecular complexity index is 260. The quantitative estimate of drug-likeness (QED) is 0.698. The third kappa shape index (κ3) is 4.73. The third-order valence-corrected chi connectivity index (χ3v) is 5.45. The van der Waals surface area contributed by atoms with Crippen LogP contribution in [-0.4, -0.2) is 24.8 Å². The van der Waals surface area contributed by atoms with Gasteiger partial charge in [-0.15, -0.1) is 0 Å². The minimum Gasteiger partial charge on any atom is -0.370 e. The lowest BCUT2D eigenvalue weighted by Crippen LogP contribution is -2.35. The van der Waals surface area contributed by atoms with Crippen molar-refractivity contribution in [2.75, 3.05) is 13.1 Å². The molecule has 20 heavy (non-hydrogen) atoms. The van der Waals surface area contributed by atoms with E-state index in [9.17, 15) is 0 Å². The van der Waals surface area contributed by atoms with Gasteiger partial charge in [-0.05, 0) is 44.6 Å². The van der Waals surface area contributed by atoms with Crippen molar-refractivity contribution in [3.8, 4) is 0 Å². The molecular formula is C18H35NO.